The van der Waals surface area contributed by atoms with Gasteiger partial charge in [-0.1, -0.05) is 24.3 Å². The number of hydrogen-bond acceptors (Lipinski definition) is 4. The Balaban J connectivity index is 1.42. The molecule has 2 amide bonds. The quantitative estimate of drug-likeness (QED) is 0.591. The van der Waals surface area contributed by atoms with Crippen LogP contribution in [0.3, 0.4) is 0 Å². The van der Waals surface area contributed by atoms with Crippen molar-refractivity contribution in [3.63, 3.8) is 0 Å². The first kappa shape index (κ1) is 22.0. The smallest absolute Gasteiger partial charge is 0.264 e. The maximum absolute atomic E-state index is 13.3. The highest BCUT2D eigenvalue weighted by molar-refractivity contribution is 6.04. The summed E-state index contributed by atoms with van der Waals surface area (Å²) in [6.45, 7) is 2.24. The molecule has 3 aromatic rings. The van der Waals surface area contributed by atoms with E-state index in [2.05, 4.69) is 23.5 Å². The van der Waals surface area contributed by atoms with E-state index in [1.54, 1.807) is 38.3 Å². The second kappa shape index (κ2) is 9.21. The van der Waals surface area contributed by atoms with Crippen molar-refractivity contribution in [2.45, 2.75) is 44.9 Å². The molecule has 0 saturated carbocycles. The van der Waals surface area contributed by atoms with E-state index in [0.717, 1.165) is 24.8 Å². The van der Waals surface area contributed by atoms with E-state index in [0.29, 0.717) is 29.3 Å². The Morgan fingerprint density at radius 1 is 1.06 bits per heavy atom. The number of aryl methyl sites for hydroxylation is 1. The van der Waals surface area contributed by atoms with Gasteiger partial charge in [-0.15, -0.1) is 0 Å². The molecule has 0 radical (unpaired) electrons. The van der Waals surface area contributed by atoms with Crippen molar-refractivity contribution in [3.8, 4) is 11.5 Å². The van der Waals surface area contributed by atoms with Crippen LogP contribution in [0.2, 0.25) is 0 Å². The summed E-state index contributed by atoms with van der Waals surface area (Å²) in [6, 6.07) is 20.9. The molecule has 1 aliphatic heterocycles. The molecule has 6 heteroatoms. The number of hydrogen-bond donors (Lipinski definition) is 1. The fourth-order valence-electron chi connectivity index (χ4n) is 4.89. The molecule has 5 rings (SSSR count). The summed E-state index contributed by atoms with van der Waals surface area (Å²) < 4.78 is 11.2. The molecular formula is C28H28N2O4. The second-order valence-corrected chi connectivity index (χ2v) is 8.84. The van der Waals surface area contributed by atoms with Gasteiger partial charge in [0.25, 0.3) is 11.8 Å². The van der Waals surface area contributed by atoms with Crippen LogP contribution in [-0.4, -0.2) is 29.9 Å². The number of rotatable bonds is 4. The summed E-state index contributed by atoms with van der Waals surface area (Å²) in [5, 5.41) is 2.96. The maximum atomic E-state index is 13.3. The summed E-state index contributed by atoms with van der Waals surface area (Å²) in [5.41, 5.74) is 4.62. The highest BCUT2D eigenvalue weighted by Crippen LogP contribution is 2.38. The van der Waals surface area contributed by atoms with Gasteiger partial charge < -0.3 is 19.7 Å². The van der Waals surface area contributed by atoms with Gasteiger partial charge in [-0.3, -0.25) is 9.59 Å². The predicted molar refractivity (Wildman–Crippen MR) is 130 cm³/mol. The number of benzene rings is 3. The molecule has 0 aromatic heterocycles. The molecule has 1 heterocycles. The van der Waals surface area contributed by atoms with Crippen LogP contribution < -0.4 is 14.8 Å². The zero-order valence-corrected chi connectivity index (χ0v) is 19.4. The first-order valence-electron chi connectivity index (χ1n) is 11.7. The monoisotopic (exact) mass is 456 g/mol. The van der Waals surface area contributed by atoms with Crippen LogP contribution >= 0.6 is 0 Å². The van der Waals surface area contributed by atoms with Gasteiger partial charge in [0, 0.05) is 16.8 Å². The van der Waals surface area contributed by atoms with Crippen LogP contribution in [0.5, 0.6) is 11.5 Å². The molecule has 2 aliphatic rings. The Morgan fingerprint density at radius 2 is 1.85 bits per heavy atom. The Kier molecular flexibility index (Phi) is 5.97. The molecule has 2 atom stereocenters. The van der Waals surface area contributed by atoms with Crippen LogP contribution in [0.4, 0.5) is 5.69 Å². The largest absolute Gasteiger partial charge is 0.497 e. The first-order chi connectivity index (χ1) is 16.5. The third-order valence-electron chi connectivity index (χ3n) is 6.66. The minimum Gasteiger partial charge on any atom is -0.497 e. The van der Waals surface area contributed by atoms with E-state index in [4.69, 9.17) is 9.47 Å². The van der Waals surface area contributed by atoms with E-state index < -0.39 is 6.10 Å². The average Bonchev–Trinajstić information content (AvgIpc) is 2.99. The fraction of sp³-hybridized carbons (Fsp3) is 0.286. The number of anilines is 1. The zero-order valence-electron chi connectivity index (χ0n) is 19.4. The van der Waals surface area contributed by atoms with Gasteiger partial charge in [0.05, 0.1) is 19.7 Å². The Morgan fingerprint density at radius 3 is 2.65 bits per heavy atom. The van der Waals surface area contributed by atoms with Gasteiger partial charge >= 0.3 is 0 Å². The van der Waals surface area contributed by atoms with Crippen molar-refractivity contribution in [2.24, 2.45) is 0 Å². The van der Waals surface area contributed by atoms with Crippen LogP contribution in [0.1, 0.15) is 52.9 Å². The first-order valence-corrected chi connectivity index (χ1v) is 11.7. The van der Waals surface area contributed by atoms with E-state index in [1.165, 1.54) is 11.1 Å². The normalized spacial score (nSPS) is 19.4. The Bertz CT molecular complexity index is 1220. The lowest BCUT2D eigenvalue weighted by Crippen LogP contribution is -2.41. The summed E-state index contributed by atoms with van der Waals surface area (Å²) in [5.74, 6) is 1.15. The molecule has 0 saturated heterocycles. The molecule has 1 N–H and O–H groups in total. The number of carbonyl (C=O) groups is 2. The van der Waals surface area contributed by atoms with Gasteiger partial charge in [-0.2, -0.15) is 0 Å². The summed E-state index contributed by atoms with van der Waals surface area (Å²) >= 11 is 0. The van der Waals surface area contributed by atoms with Gasteiger partial charge in [-0.05, 0) is 79.8 Å². The standard InChI is InChI=1S/C28H28N2O4/c1-18-28(32)30(25-9-5-7-19-6-3-4-8-24(19)25)17-21-16-22(12-15-26(21)34-18)29-27(31)20-10-13-23(33-2)14-11-20/h3-4,6,8,10-16,18,25H,5,7,9,17H2,1-2H3,(H,29,31)/t18-,25-/m0/s1. The molecule has 6 nitrogen and oxygen atoms in total. The number of amides is 2. The van der Waals surface area contributed by atoms with E-state index in [1.807, 2.05) is 29.2 Å². The topological polar surface area (TPSA) is 67.9 Å². The third-order valence-corrected chi connectivity index (χ3v) is 6.66. The Hall–Kier alpha value is -3.80. The minimum absolute atomic E-state index is 0.0123. The summed E-state index contributed by atoms with van der Waals surface area (Å²) in [7, 11) is 1.59. The van der Waals surface area contributed by atoms with Crippen molar-refractivity contribution in [1.82, 2.24) is 4.90 Å². The lowest BCUT2D eigenvalue weighted by Gasteiger charge is -2.35. The summed E-state index contributed by atoms with van der Waals surface area (Å²) in [6.07, 6.45) is 2.44. The van der Waals surface area contributed by atoms with Crippen LogP contribution in [0.25, 0.3) is 0 Å². The van der Waals surface area contributed by atoms with Gasteiger partial charge in [-0.25, -0.2) is 0 Å². The van der Waals surface area contributed by atoms with Gasteiger partial charge in [0.1, 0.15) is 11.5 Å². The Labute approximate surface area is 199 Å². The molecule has 0 unspecified atom stereocenters. The number of carbonyl (C=O) groups excluding carboxylic acids is 2. The number of nitrogens with zero attached hydrogens (tertiary/aromatic N) is 1. The predicted octanol–water partition coefficient (Wildman–Crippen LogP) is 5.13. The summed E-state index contributed by atoms with van der Waals surface area (Å²) in [4.78, 5) is 28.0. The molecule has 34 heavy (non-hydrogen) atoms. The van der Waals surface area contributed by atoms with Crippen LogP contribution in [0, 0.1) is 0 Å². The molecule has 0 bridgehead atoms. The number of ether oxygens (including phenoxy) is 2. The van der Waals surface area contributed by atoms with E-state index >= 15 is 0 Å². The van der Waals surface area contributed by atoms with Crippen molar-refractivity contribution in [1.29, 1.82) is 0 Å². The van der Waals surface area contributed by atoms with Crippen molar-refractivity contribution in [3.05, 3.63) is 89.0 Å². The average molecular weight is 457 g/mol. The lowest BCUT2D eigenvalue weighted by molar-refractivity contribution is -0.140. The van der Waals surface area contributed by atoms with Crippen LogP contribution in [0.15, 0.2) is 66.7 Å². The van der Waals surface area contributed by atoms with Gasteiger partial charge in [0.15, 0.2) is 6.10 Å². The third kappa shape index (κ3) is 4.23. The van der Waals surface area contributed by atoms with Crippen LogP contribution in [-0.2, 0) is 17.8 Å². The molecule has 0 spiro atoms. The fourth-order valence-corrected chi connectivity index (χ4v) is 4.89. The molecular weight excluding hydrogens is 428 g/mol. The zero-order chi connectivity index (χ0) is 23.7. The second-order valence-electron chi connectivity index (χ2n) is 8.84. The lowest BCUT2D eigenvalue weighted by atomic mass is 9.86. The number of methoxy groups -OCH3 is 1. The molecule has 0 fully saturated rings. The van der Waals surface area contributed by atoms with Crippen molar-refractivity contribution in [2.75, 3.05) is 12.4 Å². The molecule has 174 valence electrons. The number of fused-ring (bicyclic) bond motifs is 2. The minimum atomic E-state index is -0.574. The maximum Gasteiger partial charge on any atom is 0.264 e. The van der Waals surface area contributed by atoms with E-state index in [-0.39, 0.29) is 17.9 Å². The van der Waals surface area contributed by atoms with Crippen molar-refractivity contribution >= 4 is 17.5 Å². The highest BCUT2D eigenvalue weighted by Gasteiger charge is 2.35. The highest BCUT2D eigenvalue weighted by atomic mass is 16.5. The SMILES string of the molecule is COc1ccc(C(=O)Nc2ccc3c(c2)CN([C@H]2CCCc4ccccc42)C(=O)[C@H](C)O3)cc1. The molecule has 1 aliphatic carbocycles. The van der Waals surface area contributed by atoms with Crippen molar-refractivity contribution < 1.29 is 19.1 Å². The molecule has 3 aromatic carbocycles. The van der Waals surface area contributed by atoms with Gasteiger partial charge in [0.2, 0.25) is 0 Å². The van der Waals surface area contributed by atoms with E-state index in [9.17, 15) is 9.59 Å². The number of nitrogens with one attached hydrogen (secondary N) is 1.